The summed E-state index contributed by atoms with van der Waals surface area (Å²) in [6, 6.07) is 9.50. The molecule has 2 aromatic carbocycles. The molecule has 0 saturated heterocycles. The fourth-order valence-corrected chi connectivity index (χ4v) is 4.72. The molecule has 0 spiro atoms. The van der Waals surface area contributed by atoms with Crippen LogP contribution in [-0.4, -0.2) is 33.7 Å². The quantitative estimate of drug-likeness (QED) is 0.662. The lowest BCUT2D eigenvalue weighted by Gasteiger charge is -2.30. The SMILES string of the molecule is CCc1cccc(C)c1NC(=O)[C@H](CC)N(c1ccc(OC)c(Cl)c1)S(C)(=O)=O. The summed E-state index contributed by atoms with van der Waals surface area (Å²) in [4.78, 5) is 13.2. The summed E-state index contributed by atoms with van der Waals surface area (Å²) < 4.78 is 31.5. The van der Waals surface area contributed by atoms with Crippen molar-refractivity contribution in [2.45, 2.75) is 39.7 Å². The molecule has 1 N–H and O–H groups in total. The standard InChI is InChI=1S/C21H27ClN2O4S/c1-6-15-10-8-9-14(3)20(15)23-21(25)18(7-2)24(29(5,26)27)16-11-12-19(28-4)17(22)13-16/h8-13,18H,6-7H2,1-5H3,(H,23,25)/t18-/m0/s1. The second-order valence-corrected chi connectivity index (χ2v) is 9.02. The van der Waals surface area contributed by atoms with Crippen LogP contribution in [0.25, 0.3) is 0 Å². The van der Waals surface area contributed by atoms with Crippen LogP contribution in [0, 0.1) is 6.92 Å². The summed E-state index contributed by atoms with van der Waals surface area (Å²) in [5.41, 5.74) is 2.94. The first kappa shape index (κ1) is 23.0. The van der Waals surface area contributed by atoms with E-state index in [1.807, 2.05) is 32.0 Å². The van der Waals surface area contributed by atoms with Crippen LogP contribution in [0.15, 0.2) is 36.4 Å². The topological polar surface area (TPSA) is 75.7 Å². The second kappa shape index (κ2) is 9.50. The number of hydrogen-bond acceptors (Lipinski definition) is 4. The summed E-state index contributed by atoms with van der Waals surface area (Å²) >= 11 is 6.19. The van der Waals surface area contributed by atoms with Gasteiger partial charge in [-0.25, -0.2) is 8.42 Å². The third-order valence-electron chi connectivity index (χ3n) is 4.71. The number of nitrogens with one attached hydrogen (secondary N) is 1. The predicted molar refractivity (Wildman–Crippen MR) is 119 cm³/mol. The lowest BCUT2D eigenvalue weighted by molar-refractivity contribution is -0.117. The smallest absolute Gasteiger partial charge is 0.248 e. The number of ether oxygens (including phenoxy) is 1. The van der Waals surface area contributed by atoms with Gasteiger partial charge in [-0.1, -0.05) is 43.6 Å². The third kappa shape index (κ3) is 5.22. The molecule has 2 rings (SSSR count). The van der Waals surface area contributed by atoms with Crippen molar-refractivity contribution in [1.82, 2.24) is 0 Å². The van der Waals surface area contributed by atoms with Gasteiger partial charge in [-0.2, -0.15) is 0 Å². The van der Waals surface area contributed by atoms with E-state index in [0.29, 0.717) is 11.4 Å². The molecule has 0 unspecified atom stereocenters. The molecule has 0 radical (unpaired) electrons. The van der Waals surface area contributed by atoms with Crippen LogP contribution in [0.2, 0.25) is 5.02 Å². The van der Waals surface area contributed by atoms with Crippen molar-refractivity contribution in [3.05, 3.63) is 52.5 Å². The Kier molecular flexibility index (Phi) is 7.54. The Morgan fingerprint density at radius 2 is 1.93 bits per heavy atom. The molecule has 0 aliphatic carbocycles. The van der Waals surface area contributed by atoms with Crippen LogP contribution in [-0.2, 0) is 21.2 Å². The van der Waals surface area contributed by atoms with Gasteiger partial charge in [-0.3, -0.25) is 9.10 Å². The molecule has 158 valence electrons. The van der Waals surface area contributed by atoms with E-state index in [1.165, 1.54) is 13.2 Å². The Labute approximate surface area is 177 Å². The minimum Gasteiger partial charge on any atom is -0.495 e. The van der Waals surface area contributed by atoms with E-state index in [-0.39, 0.29) is 11.4 Å². The largest absolute Gasteiger partial charge is 0.495 e. The Hall–Kier alpha value is -2.25. The fourth-order valence-electron chi connectivity index (χ4n) is 3.26. The van der Waals surface area contributed by atoms with Gasteiger partial charge in [0.2, 0.25) is 15.9 Å². The van der Waals surface area contributed by atoms with Gasteiger partial charge >= 0.3 is 0 Å². The number of nitrogens with zero attached hydrogens (tertiary/aromatic N) is 1. The van der Waals surface area contributed by atoms with Gasteiger partial charge in [0.25, 0.3) is 0 Å². The number of benzene rings is 2. The van der Waals surface area contributed by atoms with E-state index in [2.05, 4.69) is 5.32 Å². The van der Waals surface area contributed by atoms with Crippen molar-refractivity contribution in [2.75, 3.05) is 23.0 Å². The summed E-state index contributed by atoms with van der Waals surface area (Å²) in [6.45, 7) is 5.68. The molecule has 0 aromatic heterocycles. The van der Waals surface area contributed by atoms with Crippen LogP contribution in [0.4, 0.5) is 11.4 Å². The molecule has 0 bridgehead atoms. The number of para-hydroxylation sites is 1. The number of amides is 1. The first-order valence-electron chi connectivity index (χ1n) is 9.36. The molecule has 0 aliphatic heterocycles. The first-order valence-corrected chi connectivity index (χ1v) is 11.6. The average Bonchev–Trinajstić information content (AvgIpc) is 2.66. The fraction of sp³-hybridized carbons (Fsp3) is 0.381. The summed E-state index contributed by atoms with van der Waals surface area (Å²) in [5, 5.41) is 3.20. The molecule has 8 heteroatoms. The Morgan fingerprint density at radius 1 is 1.24 bits per heavy atom. The summed E-state index contributed by atoms with van der Waals surface area (Å²) in [6.07, 6.45) is 2.11. The third-order valence-corrected chi connectivity index (χ3v) is 6.18. The number of aryl methyl sites for hydroxylation is 2. The number of halogens is 1. The van der Waals surface area contributed by atoms with Crippen molar-refractivity contribution in [1.29, 1.82) is 0 Å². The van der Waals surface area contributed by atoms with Crippen molar-refractivity contribution in [3.8, 4) is 5.75 Å². The maximum atomic E-state index is 13.2. The number of anilines is 2. The minimum atomic E-state index is -3.76. The van der Waals surface area contributed by atoms with Crippen molar-refractivity contribution in [3.63, 3.8) is 0 Å². The molecule has 0 heterocycles. The number of sulfonamides is 1. The molecule has 6 nitrogen and oxygen atoms in total. The maximum absolute atomic E-state index is 13.2. The zero-order valence-corrected chi connectivity index (χ0v) is 18.9. The molecule has 1 amide bonds. The zero-order chi connectivity index (χ0) is 21.8. The first-order chi connectivity index (χ1) is 13.6. The Morgan fingerprint density at radius 3 is 2.45 bits per heavy atom. The molecule has 2 aromatic rings. The van der Waals surface area contributed by atoms with Crippen LogP contribution in [0.5, 0.6) is 5.75 Å². The van der Waals surface area contributed by atoms with E-state index in [1.54, 1.807) is 19.1 Å². The van der Waals surface area contributed by atoms with Crippen molar-refractivity contribution in [2.24, 2.45) is 0 Å². The van der Waals surface area contributed by atoms with Crippen LogP contribution in [0.1, 0.15) is 31.4 Å². The van der Waals surface area contributed by atoms with Crippen LogP contribution >= 0.6 is 11.6 Å². The Bertz CT molecular complexity index is 992. The molecule has 0 saturated carbocycles. The van der Waals surface area contributed by atoms with E-state index >= 15 is 0 Å². The van der Waals surface area contributed by atoms with Gasteiger partial charge in [0.15, 0.2) is 0 Å². The Balaban J connectivity index is 2.47. The van der Waals surface area contributed by atoms with Gasteiger partial charge in [0, 0.05) is 5.69 Å². The minimum absolute atomic E-state index is 0.265. The average molecular weight is 439 g/mol. The molecule has 1 atom stereocenters. The van der Waals surface area contributed by atoms with Gasteiger partial charge in [0.1, 0.15) is 11.8 Å². The van der Waals surface area contributed by atoms with Crippen molar-refractivity contribution < 1.29 is 17.9 Å². The highest BCUT2D eigenvalue weighted by Crippen LogP contribution is 2.32. The zero-order valence-electron chi connectivity index (χ0n) is 17.3. The number of carbonyl (C=O) groups excluding carboxylic acids is 1. The highest BCUT2D eigenvalue weighted by molar-refractivity contribution is 7.92. The number of methoxy groups -OCH3 is 1. The van der Waals surface area contributed by atoms with E-state index in [4.69, 9.17) is 16.3 Å². The van der Waals surface area contributed by atoms with Crippen LogP contribution in [0.3, 0.4) is 0 Å². The highest BCUT2D eigenvalue weighted by atomic mass is 35.5. The molecular formula is C21H27ClN2O4S. The van der Waals surface area contributed by atoms with Gasteiger partial charge in [-0.15, -0.1) is 0 Å². The molecular weight excluding hydrogens is 412 g/mol. The molecule has 0 fully saturated rings. The highest BCUT2D eigenvalue weighted by Gasteiger charge is 2.32. The van der Waals surface area contributed by atoms with E-state index < -0.39 is 22.0 Å². The monoisotopic (exact) mass is 438 g/mol. The van der Waals surface area contributed by atoms with Crippen LogP contribution < -0.4 is 14.4 Å². The maximum Gasteiger partial charge on any atom is 0.248 e. The normalized spacial score (nSPS) is 12.3. The predicted octanol–water partition coefficient (Wildman–Crippen LogP) is 4.40. The number of hydrogen-bond donors (Lipinski definition) is 1. The van der Waals surface area contributed by atoms with Gasteiger partial charge in [0.05, 0.1) is 24.1 Å². The van der Waals surface area contributed by atoms with Gasteiger partial charge < -0.3 is 10.1 Å². The van der Waals surface area contributed by atoms with Gasteiger partial charge in [-0.05, 0) is 49.1 Å². The molecule has 0 aliphatic rings. The van der Waals surface area contributed by atoms with Crippen molar-refractivity contribution >= 4 is 38.9 Å². The summed E-state index contributed by atoms with van der Waals surface area (Å²) in [5.74, 6) is 0.0303. The lowest BCUT2D eigenvalue weighted by atomic mass is 10.0. The molecule has 29 heavy (non-hydrogen) atoms. The second-order valence-electron chi connectivity index (χ2n) is 6.75. The number of rotatable bonds is 8. The van der Waals surface area contributed by atoms with E-state index in [0.717, 1.165) is 33.8 Å². The summed E-state index contributed by atoms with van der Waals surface area (Å²) in [7, 11) is -2.28. The lowest BCUT2D eigenvalue weighted by Crippen LogP contribution is -2.47. The number of carbonyl (C=O) groups is 1. The van der Waals surface area contributed by atoms with E-state index in [9.17, 15) is 13.2 Å².